The van der Waals surface area contributed by atoms with Gasteiger partial charge in [0.15, 0.2) is 5.65 Å². The zero-order valence-corrected chi connectivity index (χ0v) is 13.2. The molecule has 124 valence electrons. The van der Waals surface area contributed by atoms with Gasteiger partial charge in [0.05, 0.1) is 20.8 Å². The van der Waals surface area contributed by atoms with Crippen molar-refractivity contribution in [3.05, 3.63) is 40.3 Å². The van der Waals surface area contributed by atoms with Crippen molar-refractivity contribution >= 4 is 22.8 Å². The number of nitrogens with zero attached hydrogens (tertiary/aromatic N) is 4. The molecule has 0 bridgehead atoms. The SMILES string of the molecule is COc1ccc(Cn2c(=O)nc(N)c3c(OC)nc(N)nc32)cc1. The lowest BCUT2D eigenvalue weighted by molar-refractivity contribution is 0.403. The van der Waals surface area contributed by atoms with Crippen LogP contribution in [0.3, 0.4) is 0 Å². The Morgan fingerprint density at radius 2 is 1.75 bits per heavy atom. The molecule has 24 heavy (non-hydrogen) atoms. The molecule has 0 radical (unpaired) electrons. The maximum absolute atomic E-state index is 12.3. The third-order valence-corrected chi connectivity index (χ3v) is 3.53. The molecule has 4 N–H and O–H groups in total. The smallest absolute Gasteiger partial charge is 0.351 e. The van der Waals surface area contributed by atoms with E-state index in [1.54, 1.807) is 19.2 Å². The molecule has 0 aliphatic heterocycles. The first-order chi connectivity index (χ1) is 11.5. The van der Waals surface area contributed by atoms with E-state index in [0.29, 0.717) is 5.39 Å². The standard InChI is InChI=1S/C15H16N6O3/c1-23-9-5-3-8(4-6-9)7-21-12-10(11(16)18-15(21)22)13(24-2)20-14(17)19-12/h3-6H,7H2,1-2H3,(H2,16,18,22)(H2,17,19,20). The minimum Gasteiger partial charge on any atom is -0.497 e. The van der Waals surface area contributed by atoms with Crippen LogP contribution in [-0.2, 0) is 6.54 Å². The number of nitrogen functional groups attached to an aromatic ring is 2. The van der Waals surface area contributed by atoms with Crippen molar-refractivity contribution < 1.29 is 9.47 Å². The Bertz CT molecular complexity index is 952. The summed E-state index contributed by atoms with van der Waals surface area (Å²) in [5.41, 5.74) is 12.1. The van der Waals surface area contributed by atoms with E-state index in [0.717, 1.165) is 11.3 Å². The van der Waals surface area contributed by atoms with Crippen LogP contribution in [0.1, 0.15) is 5.56 Å². The maximum atomic E-state index is 12.3. The van der Waals surface area contributed by atoms with Crippen LogP contribution in [0, 0.1) is 0 Å². The van der Waals surface area contributed by atoms with Crippen molar-refractivity contribution in [2.75, 3.05) is 25.7 Å². The number of nitrogens with two attached hydrogens (primary N) is 2. The third kappa shape index (κ3) is 2.67. The van der Waals surface area contributed by atoms with Gasteiger partial charge in [0.2, 0.25) is 11.8 Å². The number of hydrogen-bond acceptors (Lipinski definition) is 8. The summed E-state index contributed by atoms with van der Waals surface area (Å²) < 4.78 is 11.7. The molecule has 9 heteroatoms. The largest absolute Gasteiger partial charge is 0.497 e. The number of benzene rings is 1. The van der Waals surface area contributed by atoms with Crippen LogP contribution in [0.2, 0.25) is 0 Å². The van der Waals surface area contributed by atoms with Gasteiger partial charge in [-0.3, -0.25) is 4.57 Å². The Labute approximate surface area is 136 Å². The summed E-state index contributed by atoms with van der Waals surface area (Å²) in [6, 6.07) is 7.29. The van der Waals surface area contributed by atoms with E-state index in [1.807, 2.05) is 12.1 Å². The zero-order chi connectivity index (χ0) is 17.3. The topological polar surface area (TPSA) is 131 Å². The Morgan fingerprint density at radius 1 is 1.04 bits per heavy atom. The predicted octanol–water partition coefficient (Wildman–Crippen LogP) is 0.416. The molecular weight excluding hydrogens is 312 g/mol. The molecule has 3 rings (SSSR count). The van der Waals surface area contributed by atoms with Gasteiger partial charge in [-0.2, -0.15) is 15.0 Å². The van der Waals surface area contributed by atoms with E-state index in [4.69, 9.17) is 20.9 Å². The van der Waals surface area contributed by atoms with Crippen molar-refractivity contribution in [3.63, 3.8) is 0 Å². The van der Waals surface area contributed by atoms with E-state index in [-0.39, 0.29) is 29.8 Å². The molecule has 0 aliphatic carbocycles. The summed E-state index contributed by atoms with van der Waals surface area (Å²) in [5, 5.41) is 0.347. The highest BCUT2D eigenvalue weighted by Crippen LogP contribution is 2.26. The fourth-order valence-electron chi connectivity index (χ4n) is 2.38. The number of aromatic nitrogens is 4. The molecule has 2 heterocycles. The van der Waals surface area contributed by atoms with Crippen LogP contribution in [-0.4, -0.2) is 33.7 Å². The monoisotopic (exact) mass is 328 g/mol. The predicted molar refractivity (Wildman–Crippen MR) is 89.1 cm³/mol. The summed E-state index contributed by atoms with van der Waals surface area (Å²) in [4.78, 5) is 24.2. The lowest BCUT2D eigenvalue weighted by Crippen LogP contribution is -2.26. The highest BCUT2D eigenvalue weighted by Gasteiger charge is 2.17. The van der Waals surface area contributed by atoms with Gasteiger partial charge in [0.25, 0.3) is 0 Å². The third-order valence-electron chi connectivity index (χ3n) is 3.53. The summed E-state index contributed by atoms with van der Waals surface area (Å²) >= 11 is 0. The van der Waals surface area contributed by atoms with Gasteiger partial charge in [-0.15, -0.1) is 0 Å². The molecule has 3 aromatic rings. The summed E-state index contributed by atoms with van der Waals surface area (Å²) in [6.45, 7) is 0.242. The average molecular weight is 328 g/mol. The Morgan fingerprint density at radius 3 is 2.38 bits per heavy atom. The van der Waals surface area contributed by atoms with Crippen molar-refractivity contribution in [2.24, 2.45) is 0 Å². The molecule has 1 aromatic carbocycles. The molecule has 0 spiro atoms. The maximum Gasteiger partial charge on any atom is 0.351 e. The molecule has 0 aliphatic rings. The van der Waals surface area contributed by atoms with Gasteiger partial charge in [-0.1, -0.05) is 12.1 Å². The fourth-order valence-corrected chi connectivity index (χ4v) is 2.38. The van der Waals surface area contributed by atoms with Crippen LogP contribution in [0.25, 0.3) is 11.0 Å². The molecule has 0 amide bonds. The Kier molecular flexibility index (Phi) is 3.90. The number of anilines is 2. The Hall–Kier alpha value is -3.36. The first-order valence-electron chi connectivity index (χ1n) is 7.04. The Balaban J connectivity index is 2.19. The highest BCUT2D eigenvalue weighted by molar-refractivity contribution is 5.90. The van der Waals surface area contributed by atoms with Gasteiger partial charge in [-0.25, -0.2) is 4.79 Å². The van der Waals surface area contributed by atoms with Crippen molar-refractivity contribution in [2.45, 2.75) is 6.54 Å². The second-order valence-electron chi connectivity index (χ2n) is 5.00. The minimum atomic E-state index is -0.532. The van der Waals surface area contributed by atoms with Crippen molar-refractivity contribution in [1.29, 1.82) is 0 Å². The van der Waals surface area contributed by atoms with Crippen LogP contribution in [0.4, 0.5) is 11.8 Å². The molecule has 9 nitrogen and oxygen atoms in total. The van der Waals surface area contributed by atoms with Crippen LogP contribution in [0.15, 0.2) is 29.1 Å². The van der Waals surface area contributed by atoms with Crippen LogP contribution >= 0.6 is 0 Å². The number of hydrogen-bond donors (Lipinski definition) is 2. The number of rotatable bonds is 4. The molecule has 0 fully saturated rings. The van der Waals surface area contributed by atoms with Gasteiger partial charge >= 0.3 is 5.69 Å². The van der Waals surface area contributed by atoms with Gasteiger partial charge in [0, 0.05) is 0 Å². The lowest BCUT2D eigenvalue weighted by Gasteiger charge is -2.12. The molecule has 0 saturated carbocycles. The molecule has 0 atom stereocenters. The van der Waals surface area contributed by atoms with Crippen molar-refractivity contribution in [3.8, 4) is 11.6 Å². The van der Waals surface area contributed by atoms with Gasteiger partial charge < -0.3 is 20.9 Å². The molecule has 2 aromatic heterocycles. The fraction of sp³-hybridized carbons (Fsp3) is 0.200. The number of ether oxygens (including phenoxy) is 2. The first kappa shape index (κ1) is 15.5. The van der Waals surface area contributed by atoms with Gasteiger partial charge in [-0.05, 0) is 17.7 Å². The summed E-state index contributed by atoms with van der Waals surface area (Å²) in [7, 11) is 3.02. The van der Waals surface area contributed by atoms with E-state index in [2.05, 4.69) is 15.0 Å². The normalized spacial score (nSPS) is 10.8. The van der Waals surface area contributed by atoms with E-state index in [1.165, 1.54) is 11.7 Å². The number of fused-ring (bicyclic) bond motifs is 1. The van der Waals surface area contributed by atoms with Gasteiger partial charge in [0.1, 0.15) is 17.0 Å². The minimum absolute atomic E-state index is 0.00201. The van der Waals surface area contributed by atoms with E-state index >= 15 is 0 Å². The van der Waals surface area contributed by atoms with Crippen LogP contribution < -0.4 is 26.6 Å². The number of methoxy groups -OCH3 is 2. The second-order valence-corrected chi connectivity index (χ2v) is 5.00. The average Bonchev–Trinajstić information content (AvgIpc) is 2.58. The molecular formula is C15H16N6O3. The highest BCUT2D eigenvalue weighted by atomic mass is 16.5. The zero-order valence-electron chi connectivity index (χ0n) is 13.2. The van der Waals surface area contributed by atoms with Crippen LogP contribution in [0.5, 0.6) is 11.6 Å². The van der Waals surface area contributed by atoms with Crippen molar-refractivity contribution in [1.82, 2.24) is 19.5 Å². The van der Waals surface area contributed by atoms with E-state index in [9.17, 15) is 4.79 Å². The van der Waals surface area contributed by atoms with E-state index < -0.39 is 5.69 Å². The second kappa shape index (κ2) is 6.03. The summed E-state index contributed by atoms with van der Waals surface area (Å²) in [5.74, 6) is 0.872. The summed E-state index contributed by atoms with van der Waals surface area (Å²) in [6.07, 6.45) is 0. The quantitative estimate of drug-likeness (QED) is 0.704. The lowest BCUT2D eigenvalue weighted by atomic mass is 10.2. The first-order valence-corrected chi connectivity index (χ1v) is 7.04. The molecule has 0 saturated heterocycles. The molecule has 0 unspecified atom stereocenters.